The van der Waals surface area contributed by atoms with Crippen molar-refractivity contribution < 1.29 is 9.84 Å². The number of hydrogen-bond donors (Lipinski definition) is 1. The van der Waals surface area contributed by atoms with Crippen LogP contribution in [0, 0.1) is 6.92 Å². The molecule has 0 radical (unpaired) electrons. The molecule has 1 atom stereocenters. The number of fused-ring (bicyclic) bond motifs is 1. The second-order valence-corrected chi connectivity index (χ2v) is 4.66. The maximum Gasteiger partial charge on any atom is 0.106 e. The average molecular weight is 241 g/mol. The van der Waals surface area contributed by atoms with E-state index in [4.69, 9.17) is 4.74 Å². The van der Waals surface area contributed by atoms with Gasteiger partial charge in [0.15, 0.2) is 0 Å². The largest absolute Gasteiger partial charge is 0.384 e. The van der Waals surface area contributed by atoms with Crippen molar-refractivity contribution in [3.63, 3.8) is 0 Å². The van der Waals surface area contributed by atoms with Crippen LogP contribution in [-0.2, 0) is 18.0 Å². The summed E-state index contributed by atoms with van der Waals surface area (Å²) in [6.07, 6.45) is 1.10. The third-order valence-corrected chi connectivity index (χ3v) is 3.31. The van der Waals surface area contributed by atoms with Crippen LogP contribution in [0.4, 0.5) is 0 Å². The summed E-state index contributed by atoms with van der Waals surface area (Å²) in [4.78, 5) is 4.21. The molecule has 2 aromatic rings. The molecule has 1 N–H and O–H groups in total. The summed E-state index contributed by atoms with van der Waals surface area (Å²) in [6, 6.07) is 9.83. The van der Waals surface area contributed by atoms with Crippen LogP contribution in [0.1, 0.15) is 34.1 Å². The topological polar surface area (TPSA) is 42.4 Å². The summed E-state index contributed by atoms with van der Waals surface area (Å²) in [5.74, 6) is 0. The number of aromatic nitrogens is 1. The molecule has 2 heterocycles. The quantitative estimate of drug-likeness (QED) is 0.878. The lowest BCUT2D eigenvalue weighted by molar-refractivity contribution is 0.134. The highest BCUT2D eigenvalue weighted by atomic mass is 16.5. The van der Waals surface area contributed by atoms with Gasteiger partial charge in [0.25, 0.3) is 0 Å². The number of pyridine rings is 1. The van der Waals surface area contributed by atoms with Gasteiger partial charge in [-0.25, -0.2) is 0 Å². The molecule has 1 unspecified atom stereocenters. The van der Waals surface area contributed by atoms with Gasteiger partial charge in [-0.15, -0.1) is 0 Å². The lowest BCUT2D eigenvalue weighted by atomic mass is 9.99. The van der Waals surface area contributed by atoms with Crippen molar-refractivity contribution in [3.05, 3.63) is 64.5 Å². The molecule has 1 aliphatic rings. The van der Waals surface area contributed by atoms with E-state index in [0.717, 1.165) is 16.8 Å². The molecule has 18 heavy (non-hydrogen) atoms. The van der Waals surface area contributed by atoms with Crippen LogP contribution in [-0.4, -0.2) is 10.1 Å². The SMILES string of the molecule is Cc1ccc(C(O)c2ccc3c(c2)COC3)cn1. The molecule has 0 bridgehead atoms. The highest BCUT2D eigenvalue weighted by Gasteiger charge is 2.16. The minimum Gasteiger partial charge on any atom is -0.384 e. The Labute approximate surface area is 106 Å². The molecule has 1 aromatic carbocycles. The minimum absolute atomic E-state index is 0.621. The Morgan fingerprint density at radius 1 is 1.11 bits per heavy atom. The van der Waals surface area contributed by atoms with Gasteiger partial charge in [-0.3, -0.25) is 4.98 Å². The highest BCUT2D eigenvalue weighted by Crippen LogP contribution is 2.27. The number of aliphatic hydroxyl groups excluding tert-OH is 1. The molecular weight excluding hydrogens is 226 g/mol. The normalized spacial score (nSPS) is 15.4. The maximum absolute atomic E-state index is 10.3. The van der Waals surface area contributed by atoms with Crippen molar-refractivity contribution >= 4 is 0 Å². The van der Waals surface area contributed by atoms with Crippen molar-refractivity contribution in [2.75, 3.05) is 0 Å². The smallest absolute Gasteiger partial charge is 0.106 e. The summed E-state index contributed by atoms with van der Waals surface area (Å²) in [5.41, 5.74) is 5.05. The molecule has 1 aromatic heterocycles. The Kier molecular flexibility index (Phi) is 2.86. The van der Waals surface area contributed by atoms with Gasteiger partial charge in [0, 0.05) is 17.5 Å². The third-order valence-electron chi connectivity index (χ3n) is 3.31. The monoisotopic (exact) mass is 241 g/mol. The van der Waals surface area contributed by atoms with Crippen molar-refractivity contribution in [2.45, 2.75) is 26.2 Å². The maximum atomic E-state index is 10.3. The molecule has 3 nitrogen and oxygen atoms in total. The zero-order valence-electron chi connectivity index (χ0n) is 10.3. The van der Waals surface area contributed by atoms with Crippen LogP contribution in [0.15, 0.2) is 36.5 Å². The van der Waals surface area contributed by atoms with E-state index in [-0.39, 0.29) is 0 Å². The highest BCUT2D eigenvalue weighted by molar-refractivity contribution is 5.37. The average Bonchev–Trinajstić information content (AvgIpc) is 2.86. The number of ether oxygens (including phenoxy) is 1. The van der Waals surface area contributed by atoms with Crippen molar-refractivity contribution in [3.8, 4) is 0 Å². The molecule has 1 aliphatic heterocycles. The predicted molar refractivity (Wildman–Crippen MR) is 68.0 cm³/mol. The van der Waals surface area contributed by atoms with Crippen LogP contribution < -0.4 is 0 Å². The summed E-state index contributed by atoms with van der Waals surface area (Å²) >= 11 is 0. The van der Waals surface area contributed by atoms with E-state index in [0.29, 0.717) is 13.2 Å². The molecule has 0 fully saturated rings. The summed E-state index contributed by atoms with van der Waals surface area (Å²) in [7, 11) is 0. The number of aliphatic hydroxyl groups is 1. The van der Waals surface area contributed by atoms with E-state index in [1.165, 1.54) is 11.1 Å². The first-order chi connectivity index (χ1) is 8.74. The minimum atomic E-state index is -0.621. The van der Waals surface area contributed by atoms with Gasteiger partial charge in [-0.05, 0) is 29.7 Å². The van der Waals surface area contributed by atoms with Gasteiger partial charge < -0.3 is 9.84 Å². The van der Waals surface area contributed by atoms with E-state index in [2.05, 4.69) is 4.98 Å². The zero-order chi connectivity index (χ0) is 12.5. The first-order valence-corrected chi connectivity index (χ1v) is 6.04. The Morgan fingerprint density at radius 3 is 2.67 bits per heavy atom. The number of rotatable bonds is 2. The van der Waals surface area contributed by atoms with Crippen molar-refractivity contribution in [2.24, 2.45) is 0 Å². The van der Waals surface area contributed by atoms with Gasteiger partial charge in [-0.2, -0.15) is 0 Å². The van der Waals surface area contributed by atoms with Crippen LogP contribution in [0.25, 0.3) is 0 Å². The van der Waals surface area contributed by atoms with E-state index < -0.39 is 6.10 Å². The standard InChI is InChI=1S/C15H15NO2/c1-10-2-3-12(7-16-10)15(17)11-4-5-13-8-18-9-14(13)6-11/h2-7,15,17H,8-9H2,1H3. The summed E-state index contributed by atoms with van der Waals surface area (Å²) in [5, 5.41) is 10.3. The van der Waals surface area contributed by atoms with Crippen LogP contribution in [0.3, 0.4) is 0 Å². The molecule has 3 heteroatoms. The molecule has 0 saturated carbocycles. The summed E-state index contributed by atoms with van der Waals surface area (Å²) in [6.45, 7) is 3.25. The lowest BCUT2D eigenvalue weighted by Crippen LogP contribution is -2.01. The van der Waals surface area contributed by atoms with Crippen LogP contribution in [0.5, 0.6) is 0 Å². The van der Waals surface area contributed by atoms with Gasteiger partial charge in [0.05, 0.1) is 13.2 Å². The lowest BCUT2D eigenvalue weighted by Gasteiger charge is -2.12. The molecule has 0 amide bonds. The first kappa shape index (κ1) is 11.4. The van der Waals surface area contributed by atoms with Crippen molar-refractivity contribution in [1.29, 1.82) is 0 Å². The molecule has 3 rings (SSSR count). The van der Waals surface area contributed by atoms with Crippen LogP contribution in [0.2, 0.25) is 0 Å². The first-order valence-electron chi connectivity index (χ1n) is 6.04. The van der Waals surface area contributed by atoms with Gasteiger partial charge in [0.2, 0.25) is 0 Å². The second kappa shape index (κ2) is 4.52. The Balaban J connectivity index is 1.92. The van der Waals surface area contributed by atoms with Crippen LogP contribution >= 0.6 is 0 Å². The number of benzene rings is 1. The molecule has 0 saturated heterocycles. The van der Waals surface area contributed by atoms with Crippen molar-refractivity contribution in [1.82, 2.24) is 4.98 Å². The number of nitrogens with zero attached hydrogens (tertiary/aromatic N) is 1. The van der Waals surface area contributed by atoms with E-state index in [1.54, 1.807) is 6.20 Å². The van der Waals surface area contributed by atoms with Gasteiger partial charge >= 0.3 is 0 Å². The second-order valence-electron chi connectivity index (χ2n) is 4.66. The van der Waals surface area contributed by atoms with E-state index in [9.17, 15) is 5.11 Å². The fourth-order valence-corrected chi connectivity index (χ4v) is 2.20. The summed E-state index contributed by atoms with van der Waals surface area (Å²) < 4.78 is 5.38. The predicted octanol–water partition coefficient (Wildman–Crippen LogP) is 2.50. The van der Waals surface area contributed by atoms with Gasteiger partial charge in [-0.1, -0.05) is 24.3 Å². The molecular formula is C15H15NO2. The van der Waals surface area contributed by atoms with Gasteiger partial charge in [0.1, 0.15) is 6.10 Å². The van der Waals surface area contributed by atoms with E-state index in [1.807, 2.05) is 37.3 Å². The zero-order valence-corrected chi connectivity index (χ0v) is 10.3. The number of aryl methyl sites for hydroxylation is 1. The number of hydrogen-bond acceptors (Lipinski definition) is 3. The Hall–Kier alpha value is -1.71. The fraction of sp³-hybridized carbons (Fsp3) is 0.267. The van der Waals surface area contributed by atoms with E-state index >= 15 is 0 Å². The molecule has 92 valence electrons. The third kappa shape index (κ3) is 2.03. The Morgan fingerprint density at radius 2 is 1.89 bits per heavy atom. The Bertz CT molecular complexity index is 563. The molecule has 0 spiro atoms. The fourth-order valence-electron chi connectivity index (χ4n) is 2.20. The molecule has 0 aliphatic carbocycles.